The van der Waals surface area contributed by atoms with Crippen LogP contribution in [-0.2, 0) is 12.8 Å². The van der Waals surface area contributed by atoms with Crippen molar-refractivity contribution in [2.75, 3.05) is 20.2 Å². The first kappa shape index (κ1) is 13.5. The minimum atomic E-state index is 0. The number of rotatable bonds is 3. The summed E-state index contributed by atoms with van der Waals surface area (Å²) in [4.78, 5) is 0. The average molecular weight is 270 g/mol. The fourth-order valence-corrected chi connectivity index (χ4v) is 2.80. The van der Waals surface area contributed by atoms with Gasteiger partial charge in [-0.2, -0.15) is 0 Å². The Hall–Kier alpha value is -0.930. The number of nitrogens with one attached hydrogen (secondary N) is 1. The number of benzene rings is 1. The van der Waals surface area contributed by atoms with Crippen molar-refractivity contribution in [1.29, 1.82) is 0 Å². The van der Waals surface area contributed by atoms with Crippen LogP contribution in [0.15, 0.2) is 12.1 Å². The highest BCUT2D eigenvalue weighted by Gasteiger charge is 2.23. The number of methoxy groups -OCH3 is 1. The van der Waals surface area contributed by atoms with Crippen LogP contribution in [0.2, 0.25) is 0 Å². The molecule has 1 N–H and O–H groups in total. The number of halogens is 1. The summed E-state index contributed by atoms with van der Waals surface area (Å²) < 4.78 is 11.6. The molecule has 1 atom stereocenters. The van der Waals surface area contributed by atoms with Gasteiger partial charge in [0.25, 0.3) is 0 Å². The van der Waals surface area contributed by atoms with E-state index in [1.165, 1.54) is 24.0 Å². The van der Waals surface area contributed by atoms with E-state index < -0.39 is 0 Å². The number of hydrogen-bond donors (Lipinski definition) is 1. The molecular weight excluding hydrogens is 250 g/mol. The monoisotopic (exact) mass is 269 g/mol. The highest BCUT2D eigenvalue weighted by molar-refractivity contribution is 5.85. The first-order valence-corrected chi connectivity index (χ1v) is 6.44. The molecule has 0 spiro atoms. The lowest BCUT2D eigenvalue weighted by molar-refractivity contribution is 0.210. The van der Waals surface area contributed by atoms with Gasteiger partial charge in [-0.3, -0.25) is 0 Å². The summed E-state index contributed by atoms with van der Waals surface area (Å²) in [6, 6.07) is 4.22. The number of aryl methyl sites for hydroxylation is 1. The fraction of sp³-hybridized carbons (Fsp3) is 0.571. The van der Waals surface area contributed by atoms with Gasteiger partial charge in [0.2, 0.25) is 0 Å². The lowest BCUT2D eigenvalue weighted by atomic mass is 10.1. The Morgan fingerprint density at radius 3 is 2.89 bits per heavy atom. The number of hydrogen-bond acceptors (Lipinski definition) is 3. The van der Waals surface area contributed by atoms with Crippen LogP contribution in [0.3, 0.4) is 0 Å². The van der Waals surface area contributed by atoms with Gasteiger partial charge in [0, 0.05) is 12.1 Å². The molecular formula is C14H20ClNO2. The van der Waals surface area contributed by atoms with Gasteiger partial charge >= 0.3 is 0 Å². The Morgan fingerprint density at radius 2 is 2.17 bits per heavy atom. The molecule has 1 aliphatic heterocycles. The van der Waals surface area contributed by atoms with Gasteiger partial charge in [-0.15, -0.1) is 12.4 Å². The van der Waals surface area contributed by atoms with E-state index in [0.717, 1.165) is 37.4 Å². The molecule has 1 aromatic rings. The van der Waals surface area contributed by atoms with Crippen LogP contribution in [0.25, 0.3) is 0 Å². The molecule has 1 heterocycles. The van der Waals surface area contributed by atoms with Crippen molar-refractivity contribution in [3.8, 4) is 11.5 Å². The molecule has 0 aromatic heterocycles. The zero-order chi connectivity index (χ0) is 11.7. The van der Waals surface area contributed by atoms with Gasteiger partial charge < -0.3 is 14.8 Å². The molecule has 3 nitrogen and oxygen atoms in total. The maximum absolute atomic E-state index is 6.15. The van der Waals surface area contributed by atoms with E-state index in [2.05, 4.69) is 11.4 Å². The van der Waals surface area contributed by atoms with Crippen molar-refractivity contribution in [1.82, 2.24) is 5.32 Å². The summed E-state index contributed by atoms with van der Waals surface area (Å²) in [5, 5.41) is 3.33. The Morgan fingerprint density at radius 1 is 1.28 bits per heavy atom. The zero-order valence-electron chi connectivity index (χ0n) is 10.7. The van der Waals surface area contributed by atoms with E-state index in [1.54, 1.807) is 7.11 Å². The molecule has 18 heavy (non-hydrogen) atoms. The maximum atomic E-state index is 6.15. The van der Waals surface area contributed by atoms with Crippen LogP contribution >= 0.6 is 12.4 Å². The SMILES string of the molecule is COc1ccc2c(c1OC1CCNC1)CCC2.Cl. The van der Waals surface area contributed by atoms with E-state index in [-0.39, 0.29) is 12.4 Å². The summed E-state index contributed by atoms with van der Waals surface area (Å²) in [6.45, 7) is 2.01. The third kappa shape index (κ3) is 2.43. The second kappa shape index (κ2) is 5.81. The molecule has 0 saturated carbocycles. The van der Waals surface area contributed by atoms with Crippen molar-refractivity contribution in [3.05, 3.63) is 23.3 Å². The van der Waals surface area contributed by atoms with Gasteiger partial charge in [-0.05, 0) is 43.9 Å². The van der Waals surface area contributed by atoms with Crippen LogP contribution in [-0.4, -0.2) is 26.3 Å². The first-order valence-electron chi connectivity index (χ1n) is 6.44. The molecule has 0 bridgehead atoms. The average Bonchev–Trinajstić information content (AvgIpc) is 2.99. The van der Waals surface area contributed by atoms with E-state index in [9.17, 15) is 0 Å². The van der Waals surface area contributed by atoms with Crippen molar-refractivity contribution in [2.45, 2.75) is 31.8 Å². The highest BCUT2D eigenvalue weighted by atomic mass is 35.5. The summed E-state index contributed by atoms with van der Waals surface area (Å²) in [5.41, 5.74) is 2.81. The normalized spacial score (nSPS) is 21.3. The molecule has 1 fully saturated rings. The van der Waals surface area contributed by atoms with E-state index >= 15 is 0 Å². The summed E-state index contributed by atoms with van der Waals surface area (Å²) in [7, 11) is 1.72. The first-order chi connectivity index (χ1) is 8.38. The van der Waals surface area contributed by atoms with Gasteiger partial charge in [-0.25, -0.2) is 0 Å². The smallest absolute Gasteiger partial charge is 0.165 e. The molecule has 0 radical (unpaired) electrons. The standard InChI is InChI=1S/C14H19NO2.ClH/c1-16-13-6-5-10-3-2-4-12(10)14(13)17-11-7-8-15-9-11;/h5-6,11,15H,2-4,7-9H2,1H3;1H. The van der Waals surface area contributed by atoms with Crippen molar-refractivity contribution >= 4 is 12.4 Å². The van der Waals surface area contributed by atoms with E-state index in [0.29, 0.717) is 6.10 Å². The van der Waals surface area contributed by atoms with Gasteiger partial charge in [0.1, 0.15) is 6.10 Å². The summed E-state index contributed by atoms with van der Waals surface area (Å²) in [6.07, 6.45) is 4.94. The minimum Gasteiger partial charge on any atom is -0.493 e. The topological polar surface area (TPSA) is 30.5 Å². The Bertz CT molecular complexity index is 417. The quantitative estimate of drug-likeness (QED) is 0.914. The van der Waals surface area contributed by atoms with Crippen LogP contribution in [0, 0.1) is 0 Å². The molecule has 4 heteroatoms. The highest BCUT2D eigenvalue weighted by Crippen LogP contribution is 2.39. The minimum absolute atomic E-state index is 0. The fourth-order valence-electron chi connectivity index (χ4n) is 2.80. The maximum Gasteiger partial charge on any atom is 0.165 e. The molecule has 0 amide bonds. The summed E-state index contributed by atoms with van der Waals surface area (Å²) in [5.74, 6) is 1.88. The van der Waals surface area contributed by atoms with Gasteiger partial charge in [0.15, 0.2) is 11.5 Å². The van der Waals surface area contributed by atoms with Gasteiger partial charge in [-0.1, -0.05) is 6.07 Å². The van der Waals surface area contributed by atoms with Crippen LogP contribution in [0.5, 0.6) is 11.5 Å². The molecule has 1 unspecified atom stereocenters. The van der Waals surface area contributed by atoms with Crippen molar-refractivity contribution < 1.29 is 9.47 Å². The van der Waals surface area contributed by atoms with E-state index in [4.69, 9.17) is 9.47 Å². The van der Waals surface area contributed by atoms with Crippen LogP contribution < -0.4 is 14.8 Å². The molecule has 2 aliphatic rings. The largest absolute Gasteiger partial charge is 0.493 e. The van der Waals surface area contributed by atoms with Crippen LogP contribution in [0.4, 0.5) is 0 Å². The number of ether oxygens (including phenoxy) is 2. The second-order valence-electron chi connectivity index (χ2n) is 4.82. The zero-order valence-corrected chi connectivity index (χ0v) is 11.5. The predicted octanol–water partition coefficient (Wildman–Crippen LogP) is 2.35. The predicted molar refractivity (Wildman–Crippen MR) is 74.2 cm³/mol. The Kier molecular flexibility index (Phi) is 4.36. The Labute approximate surface area is 114 Å². The molecule has 1 saturated heterocycles. The molecule has 3 rings (SSSR count). The Balaban J connectivity index is 0.00000120. The van der Waals surface area contributed by atoms with E-state index in [1.807, 2.05) is 6.07 Å². The number of fused-ring (bicyclic) bond motifs is 1. The second-order valence-corrected chi connectivity index (χ2v) is 4.82. The lowest BCUT2D eigenvalue weighted by Gasteiger charge is -2.18. The third-order valence-corrected chi connectivity index (χ3v) is 3.71. The van der Waals surface area contributed by atoms with Crippen LogP contribution in [0.1, 0.15) is 24.0 Å². The van der Waals surface area contributed by atoms with Crippen molar-refractivity contribution in [2.24, 2.45) is 0 Å². The van der Waals surface area contributed by atoms with Crippen molar-refractivity contribution in [3.63, 3.8) is 0 Å². The summed E-state index contributed by atoms with van der Waals surface area (Å²) >= 11 is 0. The van der Waals surface area contributed by atoms with Gasteiger partial charge in [0.05, 0.1) is 7.11 Å². The third-order valence-electron chi connectivity index (χ3n) is 3.71. The molecule has 1 aromatic carbocycles. The molecule has 1 aliphatic carbocycles. The molecule has 100 valence electrons. The lowest BCUT2D eigenvalue weighted by Crippen LogP contribution is -2.20.